The minimum atomic E-state index is 0.877. The summed E-state index contributed by atoms with van der Waals surface area (Å²) in [4.78, 5) is 0. The average molecular weight is 264 g/mol. The van der Waals surface area contributed by atoms with Crippen molar-refractivity contribution in [3.63, 3.8) is 0 Å². The SMILES string of the molecule is ICC1CCC2(CCC2)CC1. The van der Waals surface area contributed by atoms with Gasteiger partial charge in [0.15, 0.2) is 0 Å². The molecule has 0 nitrogen and oxygen atoms in total. The number of alkyl halides is 1. The molecule has 0 heterocycles. The first-order chi connectivity index (χ1) is 5.35. The van der Waals surface area contributed by atoms with Gasteiger partial charge < -0.3 is 0 Å². The Kier molecular flexibility index (Phi) is 2.45. The van der Waals surface area contributed by atoms with Crippen LogP contribution in [0.15, 0.2) is 0 Å². The Morgan fingerprint density at radius 3 is 2.09 bits per heavy atom. The van der Waals surface area contributed by atoms with Gasteiger partial charge in [0, 0.05) is 4.43 Å². The molecule has 0 amide bonds. The van der Waals surface area contributed by atoms with Gasteiger partial charge in [-0.25, -0.2) is 0 Å². The second-order valence-corrected chi connectivity index (χ2v) is 5.33. The van der Waals surface area contributed by atoms with Crippen molar-refractivity contribution in [2.24, 2.45) is 11.3 Å². The maximum atomic E-state index is 2.55. The van der Waals surface area contributed by atoms with Crippen LogP contribution in [0.3, 0.4) is 0 Å². The molecule has 0 aromatic rings. The molecule has 64 valence electrons. The summed E-state index contributed by atoms with van der Waals surface area (Å²) in [6.07, 6.45) is 10.8. The highest BCUT2D eigenvalue weighted by molar-refractivity contribution is 14.1. The van der Waals surface area contributed by atoms with E-state index in [1.54, 1.807) is 25.7 Å². The normalized spacial score (nSPS) is 30.3. The summed E-state index contributed by atoms with van der Waals surface area (Å²) < 4.78 is 1.40. The van der Waals surface area contributed by atoms with Gasteiger partial charge in [-0.2, -0.15) is 0 Å². The molecule has 11 heavy (non-hydrogen) atoms. The van der Waals surface area contributed by atoms with E-state index in [-0.39, 0.29) is 0 Å². The minimum Gasteiger partial charge on any atom is -0.0861 e. The fraction of sp³-hybridized carbons (Fsp3) is 1.00. The van der Waals surface area contributed by atoms with E-state index in [0.717, 1.165) is 11.3 Å². The molecule has 0 N–H and O–H groups in total. The smallest absolute Gasteiger partial charge is 0.00237 e. The minimum absolute atomic E-state index is 0.877. The van der Waals surface area contributed by atoms with E-state index < -0.39 is 0 Å². The summed E-state index contributed by atoms with van der Waals surface area (Å²) >= 11 is 2.55. The Morgan fingerprint density at radius 2 is 1.73 bits per heavy atom. The van der Waals surface area contributed by atoms with Crippen LogP contribution in [0.2, 0.25) is 0 Å². The summed E-state index contributed by atoms with van der Waals surface area (Å²) in [6, 6.07) is 0. The molecule has 0 unspecified atom stereocenters. The zero-order valence-corrected chi connectivity index (χ0v) is 9.27. The standard InChI is InChI=1S/C10H17I/c11-8-9-2-6-10(7-3-9)4-1-5-10/h9H,1-8H2. The molecule has 2 rings (SSSR count). The maximum absolute atomic E-state index is 2.55. The zero-order chi connectivity index (χ0) is 7.73. The molecular formula is C10H17I. The second kappa shape index (κ2) is 3.23. The number of hydrogen-bond acceptors (Lipinski definition) is 0. The fourth-order valence-electron chi connectivity index (χ4n) is 2.62. The molecule has 0 atom stereocenters. The molecule has 0 radical (unpaired) electrons. The molecule has 0 saturated heterocycles. The second-order valence-electron chi connectivity index (χ2n) is 4.45. The first-order valence-corrected chi connectivity index (χ1v) is 6.43. The van der Waals surface area contributed by atoms with Gasteiger partial charge in [0.25, 0.3) is 0 Å². The summed E-state index contributed by atoms with van der Waals surface area (Å²) in [5.41, 5.74) is 0.877. The van der Waals surface area contributed by atoms with E-state index >= 15 is 0 Å². The van der Waals surface area contributed by atoms with Crippen molar-refractivity contribution in [2.75, 3.05) is 4.43 Å². The van der Waals surface area contributed by atoms with Crippen LogP contribution in [0, 0.1) is 11.3 Å². The van der Waals surface area contributed by atoms with Crippen LogP contribution >= 0.6 is 22.6 Å². The predicted octanol–water partition coefficient (Wildman–Crippen LogP) is 3.78. The van der Waals surface area contributed by atoms with Gasteiger partial charge in [0.2, 0.25) is 0 Å². The molecule has 0 aliphatic heterocycles. The Labute approximate surface area is 83.3 Å². The lowest BCUT2D eigenvalue weighted by Gasteiger charge is -2.46. The Balaban J connectivity index is 1.84. The molecule has 2 aliphatic rings. The lowest BCUT2D eigenvalue weighted by molar-refractivity contribution is 0.0607. The van der Waals surface area contributed by atoms with Crippen LogP contribution in [0.4, 0.5) is 0 Å². The van der Waals surface area contributed by atoms with Gasteiger partial charge in [-0.1, -0.05) is 29.0 Å². The van der Waals surface area contributed by atoms with Crippen molar-refractivity contribution in [1.29, 1.82) is 0 Å². The topological polar surface area (TPSA) is 0 Å². The van der Waals surface area contributed by atoms with Gasteiger partial charge in [-0.3, -0.25) is 0 Å². The number of rotatable bonds is 1. The molecular weight excluding hydrogens is 247 g/mol. The predicted molar refractivity (Wildman–Crippen MR) is 57.1 cm³/mol. The summed E-state index contributed by atoms with van der Waals surface area (Å²) in [6.45, 7) is 0. The van der Waals surface area contributed by atoms with Crippen molar-refractivity contribution in [3.8, 4) is 0 Å². The van der Waals surface area contributed by atoms with Crippen LogP contribution < -0.4 is 0 Å². The van der Waals surface area contributed by atoms with Gasteiger partial charge in [-0.15, -0.1) is 0 Å². The highest BCUT2D eigenvalue weighted by Gasteiger charge is 2.39. The van der Waals surface area contributed by atoms with Gasteiger partial charge in [0.05, 0.1) is 0 Å². The van der Waals surface area contributed by atoms with Gasteiger partial charge in [-0.05, 0) is 49.9 Å². The summed E-state index contributed by atoms with van der Waals surface area (Å²) in [7, 11) is 0. The monoisotopic (exact) mass is 264 g/mol. The van der Waals surface area contributed by atoms with Gasteiger partial charge in [0.1, 0.15) is 0 Å². The van der Waals surface area contributed by atoms with E-state index in [2.05, 4.69) is 22.6 Å². The number of hydrogen-bond donors (Lipinski definition) is 0. The van der Waals surface area contributed by atoms with Crippen LogP contribution in [0.1, 0.15) is 44.9 Å². The molecule has 1 spiro atoms. The molecule has 0 aromatic carbocycles. The third-order valence-electron chi connectivity index (χ3n) is 3.80. The van der Waals surface area contributed by atoms with Crippen molar-refractivity contribution < 1.29 is 0 Å². The maximum Gasteiger partial charge on any atom is 0.00237 e. The van der Waals surface area contributed by atoms with Crippen LogP contribution in [0.5, 0.6) is 0 Å². The zero-order valence-electron chi connectivity index (χ0n) is 7.11. The largest absolute Gasteiger partial charge is 0.0861 e. The Morgan fingerprint density at radius 1 is 1.09 bits per heavy atom. The highest BCUT2D eigenvalue weighted by Crippen LogP contribution is 2.52. The van der Waals surface area contributed by atoms with E-state index in [0.29, 0.717) is 0 Å². The van der Waals surface area contributed by atoms with Crippen molar-refractivity contribution in [1.82, 2.24) is 0 Å². The third-order valence-corrected chi connectivity index (χ3v) is 5.04. The van der Waals surface area contributed by atoms with Crippen molar-refractivity contribution in [3.05, 3.63) is 0 Å². The molecule has 2 fully saturated rings. The third kappa shape index (κ3) is 1.58. The highest BCUT2D eigenvalue weighted by atomic mass is 127. The summed E-state index contributed by atoms with van der Waals surface area (Å²) in [5, 5.41) is 0. The van der Waals surface area contributed by atoms with E-state index in [1.807, 2.05) is 0 Å². The first kappa shape index (κ1) is 8.33. The fourth-order valence-corrected chi connectivity index (χ4v) is 3.50. The van der Waals surface area contributed by atoms with E-state index in [9.17, 15) is 0 Å². The van der Waals surface area contributed by atoms with Crippen molar-refractivity contribution >= 4 is 22.6 Å². The van der Waals surface area contributed by atoms with Gasteiger partial charge >= 0.3 is 0 Å². The molecule has 2 aliphatic carbocycles. The first-order valence-electron chi connectivity index (χ1n) is 4.91. The summed E-state index contributed by atoms with van der Waals surface area (Å²) in [5.74, 6) is 1.07. The van der Waals surface area contributed by atoms with Crippen LogP contribution in [0.25, 0.3) is 0 Å². The van der Waals surface area contributed by atoms with Crippen LogP contribution in [-0.2, 0) is 0 Å². The Hall–Kier alpha value is 0.730. The lowest BCUT2D eigenvalue weighted by atomic mass is 9.59. The van der Waals surface area contributed by atoms with E-state index in [4.69, 9.17) is 0 Å². The lowest BCUT2D eigenvalue weighted by Crippen LogP contribution is -2.34. The average Bonchev–Trinajstić information content (AvgIpc) is 2.02. The molecule has 0 bridgehead atoms. The molecule has 0 aromatic heterocycles. The molecule has 1 heteroatoms. The van der Waals surface area contributed by atoms with Crippen molar-refractivity contribution in [2.45, 2.75) is 44.9 Å². The van der Waals surface area contributed by atoms with Crippen LogP contribution in [-0.4, -0.2) is 4.43 Å². The quantitative estimate of drug-likeness (QED) is 0.499. The van der Waals surface area contributed by atoms with E-state index in [1.165, 1.54) is 23.7 Å². The number of halogens is 1. The molecule has 2 saturated carbocycles. The Bertz CT molecular complexity index is 128.